The number of rotatable bonds is 7. The Balaban J connectivity index is 1.31. The molecule has 0 bridgehead atoms. The van der Waals surface area contributed by atoms with Crippen molar-refractivity contribution in [2.45, 2.75) is 31.0 Å². The Labute approximate surface area is 168 Å². The second kappa shape index (κ2) is 8.73. The van der Waals surface area contributed by atoms with E-state index in [1.807, 2.05) is 30.3 Å². The van der Waals surface area contributed by atoms with Gasteiger partial charge in [-0.15, -0.1) is 0 Å². The first-order valence-electron chi connectivity index (χ1n) is 9.44. The van der Waals surface area contributed by atoms with Crippen molar-refractivity contribution in [3.63, 3.8) is 0 Å². The van der Waals surface area contributed by atoms with Crippen molar-refractivity contribution >= 4 is 11.8 Å². The SMILES string of the molecule is COc1ccc(C(=O)C(=O)O[C@@H]2CO[C@H]3[C@@H]2OC[C@@H]3OCc2ccccc2)cc1. The quantitative estimate of drug-likeness (QED) is 0.402. The zero-order valence-corrected chi connectivity index (χ0v) is 16.0. The lowest BCUT2D eigenvalue weighted by molar-refractivity contribution is -0.148. The molecule has 0 unspecified atom stereocenters. The summed E-state index contributed by atoms with van der Waals surface area (Å²) >= 11 is 0. The molecule has 0 aromatic heterocycles. The van der Waals surface area contributed by atoms with Crippen molar-refractivity contribution in [3.05, 3.63) is 65.7 Å². The van der Waals surface area contributed by atoms with E-state index in [0.717, 1.165) is 5.56 Å². The fourth-order valence-electron chi connectivity index (χ4n) is 3.50. The van der Waals surface area contributed by atoms with Crippen molar-refractivity contribution < 1.29 is 33.3 Å². The zero-order valence-electron chi connectivity index (χ0n) is 16.0. The van der Waals surface area contributed by atoms with Crippen molar-refractivity contribution in [1.29, 1.82) is 0 Å². The van der Waals surface area contributed by atoms with Crippen molar-refractivity contribution in [2.75, 3.05) is 20.3 Å². The first-order chi connectivity index (χ1) is 14.2. The van der Waals surface area contributed by atoms with E-state index in [0.29, 0.717) is 19.0 Å². The molecular weight excluding hydrogens is 376 g/mol. The van der Waals surface area contributed by atoms with Crippen LogP contribution in [0.3, 0.4) is 0 Å². The van der Waals surface area contributed by atoms with Crippen LogP contribution < -0.4 is 4.74 Å². The van der Waals surface area contributed by atoms with Crippen LogP contribution in [0.25, 0.3) is 0 Å². The molecule has 4 rings (SSSR count). The number of ether oxygens (including phenoxy) is 5. The first kappa shape index (κ1) is 19.6. The highest BCUT2D eigenvalue weighted by Crippen LogP contribution is 2.31. The van der Waals surface area contributed by atoms with Crippen LogP contribution >= 0.6 is 0 Å². The number of hydrogen-bond donors (Lipinski definition) is 0. The molecule has 152 valence electrons. The van der Waals surface area contributed by atoms with E-state index in [1.54, 1.807) is 12.1 Å². The highest BCUT2D eigenvalue weighted by molar-refractivity contribution is 6.40. The summed E-state index contributed by atoms with van der Waals surface area (Å²) in [4.78, 5) is 24.6. The van der Waals surface area contributed by atoms with Crippen LogP contribution in [0.4, 0.5) is 0 Å². The van der Waals surface area contributed by atoms with Gasteiger partial charge in [0.2, 0.25) is 0 Å². The maximum absolute atomic E-state index is 12.3. The minimum Gasteiger partial charge on any atom is -0.497 e. The zero-order chi connectivity index (χ0) is 20.2. The van der Waals surface area contributed by atoms with Gasteiger partial charge in [-0.3, -0.25) is 4.79 Å². The van der Waals surface area contributed by atoms with Crippen molar-refractivity contribution in [3.8, 4) is 5.75 Å². The van der Waals surface area contributed by atoms with E-state index in [1.165, 1.54) is 19.2 Å². The lowest BCUT2D eigenvalue weighted by Crippen LogP contribution is -2.36. The summed E-state index contributed by atoms with van der Waals surface area (Å²) in [5.74, 6) is -1.05. The Hall–Kier alpha value is -2.74. The molecule has 2 heterocycles. The third kappa shape index (κ3) is 4.32. The van der Waals surface area contributed by atoms with E-state index in [2.05, 4.69) is 0 Å². The van der Waals surface area contributed by atoms with Gasteiger partial charge in [0.25, 0.3) is 5.78 Å². The van der Waals surface area contributed by atoms with Gasteiger partial charge < -0.3 is 23.7 Å². The van der Waals surface area contributed by atoms with Crippen molar-refractivity contribution in [2.24, 2.45) is 0 Å². The normalized spacial score (nSPS) is 25.4. The number of esters is 1. The molecule has 2 aliphatic heterocycles. The van der Waals surface area contributed by atoms with Gasteiger partial charge in [-0.05, 0) is 29.8 Å². The van der Waals surface area contributed by atoms with Gasteiger partial charge in [0.15, 0.2) is 6.10 Å². The molecule has 4 atom stereocenters. The molecule has 2 aliphatic rings. The van der Waals surface area contributed by atoms with Gasteiger partial charge in [-0.2, -0.15) is 0 Å². The molecule has 2 fully saturated rings. The van der Waals surface area contributed by atoms with E-state index in [4.69, 9.17) is 23.7 Å². The van der Waals surface area contributed by atoms with Crippen LogP contribution in [-0.4, -0.2) is 56.5 Å². The Bertz CT molecular complexity index is 849. The highest BCUT2D eigenvalue weighted by atomic mass is 16.7. The number of ketones is 1. The predicted molar refractivity (Wildman–Crippen MR) is 102 cm³/mol. The average Bonchev–Trinajstić information content (AvgIpc) is 3.35. The standard InChI is InChI=1S/C22H22O7/c1-25-16-9-7-15(8-10-16)19(23)22(24)29-18-13-28-20-17(12-27-21(18)20)26-11-14-5-3-2-4-6-14/h2-10,17-18,20-21H,11-13H2,1H3/t17-,18+,20+,21+/m0/s1. The summed E-state index contributed by atoms with van der Waals surface area (Å²) in [6.45, 7) is 0.965. The fraction of sp³-hybridized carbons (Fsp3) is 0.364. The summed E-state index contributed by atoms with van der Waals surface area (Å²) in [5.41, 5.74) is 1.30. The molecule has 0 saturated carbocycles. The highest BCUT2D eigenvalue weighted by Gasteiger charge is 2.50. The van der Waals surface area contributed by atoms with Gasteiger partial charge in [0.1, 0.15) is 24.1 Å². The molecule has 29 heavy (non-hydrogen) atoms. The van der Waals surface area contributed by atoms with Crippen molar-refractivity contribution in [1.82, 2.24) is 0 Å². The molecule has 0 spiro atoms. The van der Waals surface area contributed by atoms with Crippen LogP contribution in [-0.2, 0) is 30.3 Å². The second-order valence-corrected chi connectivity index (χ2v) is 6.93. The van der Waals surface area contributed by atoms with Crippen LogP contribution in [0.5, 0.6) is 5.75 Å². The minimum absolute atomic E-state index is 0.169. The van der Waals surface area contributed by atoms with E-state index < -0.39 is 24.0 Å². The van der Waals surface area contributed by atoms with Gasteiger partial charge in [-0.25, -0.2) is 4.79 Å². The Morgan fingerprint density at radius 1 is 0.931 bits per heavy atom. The first-order valence-corrected chi connectivity index (χ1v) is 9.44. The summed E-state index contributed by atoms with van der Waals surface area (Å²) in [6.07, 6.45) is -1.66. The number of carbonyl (C=O) groups is 2. The second-order valence-electron chi connectivity index (χ2n) is 6.93. The monoisotopic (exact) mass is 398 g/mol. The van der Waals surface area contributed by atoms with Gasteiger partial charge in [0, 0.05) is 5.56 Å². The average molecular weight is 398 g/mol. The largest absolute Gasteiger partial charge is 0.497 e. The van der Waals surface area contributed by atoms with E-state index in [-0.39, 0.29) is 24.4 Å². The minimum atomic E-state index is -0.929. The van der Waals surface area contributed by atoms with Crippen LogP contribution in [0.2, 0.25) is 0 Å². The predicted octanol–water partition coefficient (Wildman–Crippen LogP) is 2.17. The van der Waals surface area contributed by atoms with Crippen LogP contribution in [0.1, 0.15) is 15.9 Å². The lowest BCUT2D eigenvalue weighted by atomic mass is 10.1. The smallest absolute Gasteiger partial charge is 0.380 e. The number of benzene rings is 2. The molecule has 2 aromatic carbocycles. The molecule has 7 heteroatoms. The molecule has 2 saturated heterocycles. The fourth-order valence-corrected chi connectivity index (χ4v) is 3.50. The molecule has 2 aromatic rings. The summed E-state index contributed by atoms with van der Waals surface area (Å²) < 4.78 is 27.9. The number of hydrogen-bond acceptors (Lipinski definition) is 7. The van der Waals surface area contributed by atoms with Gasteiger partial charge in [-0.1, -0.05) is 30.3 Å². The maximum atomic E-state index is 12.3. The van der Waals surface area contributed by atoms with Gasteiger partial charge in [0.05, 0.1) is 26.9 Å². The molecule has 0 amide bonds. The maximum Gasteiger partial charge on any atom is 0.380 e. The number of Topliss-reactive ketones (excluding diaryl/α,β-unsaturated/α-hetero) is 1. The molecule has 0 aliphatic carbocycles. The lowest BCUT2D eigenvalue weighted by Gasteiger charge is -2.17. The summed E-state index contributed by atoms with van der Waals surface area (Å²) in [5, 5.41) is 0. The third-order valence-electron chi connectivity index (χ3n) is 5.07. The Morgan fingerprint density at radius 3 is 2.28 bits per heavy atom. The van der Waals surface area contributed by atoms with Gasteiger partial charge >= 0.3 is 5.97 Å². The van der Waals surface area contributed by atoms with Crippen LogP contribution in [0, 0.1) is 0 Å². The van der Waals surface area contributed by atoms with E-state index >= 15 is 0 Å². The Kier molecular flexibility index (Phi) is 5.89. The Morgan fingerprint density at radius 2 is 1.59 bits per heavy atom. The number of methoxy groups -OCH3 is 1. The summed E-state index contributed by atoms with van der Waals surface area (Å²) in [7, 11) is 1.53. The molecule has 7 nitrogen and oxygen atoms in total. The molecule has 0 radical (unpaired) electrons. The number of fused-ring (bicyclic) bond motifs is 1. The molecular formula is C22H22O7. The molecule has 0 N–H and O–H groups in total. The summed E-state index contributed by atoms with van der Waals surface area (Å²) in [6, 6.07) is 16.1. The topological polar surface area (TPSA) is 80.3 Å². The third-order valence-corrected chi connectivity index (χ3v) is 5.07. The van der Waals surface area contributed by atoms with Crippen LogP contribution in [0.15, 0.2) is 54.6 Å². The van der Waals surface area contributed by atoms with E-state index in [9.17, 15) is 9.59 Å². The number of carbonyl (C=O) groups excluding carboxylic acids is 2.